The molecule has 0 aromatic heterocycles. The summed E-state index contributed by atoms with van der Waals surface area (Å²) >= 11 is 0. The van der Waals surface area contributed by atoms with Gasteiger partial charge in [0.2, 0.25) is 5.82 Å². The van der Waals surface area contributed by atoms with Gasteiger partial charge in [0.25, 0.3) is 0 Å². The van der Waals surface area contributed by atoms with E-state index in [1.54, 1.807) is 37.3 Å². The van der Waals surface area contributed by atoms with Crippen LogP contribution in [0.15, 0.2) is 72.8 Å². The van der Waals surface area contributed by atoms with Crippen molar-refractivity contribution in [1.29, 1.82) is 0 Å². The van der Waals surface area contributed by atoms with E-state index in [2.05, 4.69) is 25.2 Å². The second-order valence-corrected chi connectivity index (χ2v) is 11.6. The molecule has 0 aliphatic heterocycles. The molecule has 216 valence electrons. The van der Waals surface area contributed by atoms with Gasteiger partial charge in [-0.05, 0) is 117 Å². The molecule has 0 bridgehead atoms. The molecule has 0 spiro atoms. The van der Waals surface area contributed by atoms with E-state index < -0.39 is 11.6 Å². The normalized spacial score (nSPS) is 21.2. The van der Waals surface area contributed by atoms with Gasteiger partial charge in [0.05, 0.1) is 6.61 Å². The van der Waals surface area contributed by atoms with Gasteiger partial charge in [-0.25, -0.2) is 8.78 Å². The molecule has 3 aromatic rings. The molecular formula is C37H41F3O. The fourth-order valence-corrected chi connectivity index (χ4v) is 6.79. The summed E-state index contributed by atoms with van der Waals surface area (Å²) < 4.78 is 49.4. The zero-order valence-electron chi connectivity index (χ0n) is 24.3. The van der Waals surface area contributed by atoms with E-state index in [0.717, 1.165) is 36.2 Å². The molecule has 3 aromatic carbocycles. The minimum atomic E-state index is -0.999. The first-order valence-corrected chi connectivity index (χ1v) is 15.3. The molecule has 4 heteroatoms. The Morgan fingerprint density at radius 1 is 0.780 bits per heavy atom. The van der Waals surface area contributed by atoms with Gasteiger partial charge < -0.3 is 4.74 Å². The van der Waals surface area contributed by atoms with Crippen molar-refractivity contribution in [2.45, 2.75) is 71.6 Å². The van der Waals surface area contributed by atoms with E-state index in [-0.39, 0.29) is 23.7 Å². The van der Waals surface area contributed by atoms with Crippen LogP contribution >= 0.6 is 0 Å². The van der Waals surface area contributed by atoms with Crippen molar-refractivity contribution in [1.82, 2.24) is 0 Å². The molecule has 2 aliphatic rings. The Morgan fingerprint density at radius 3 is 2.10 bits per heavy atom. The molecule has 41 heavy (non-hydrogen) atoms. The summed E-state index contributed by atoms with van der Waals surface area (Å²) in [5, 5.41) is 0. The Balaban J connectivity index is 1.21. The molecule has 0 saturated heterocycles. The van der Waals surface area contributed by atoms with E-state index in [4.69, 9.17) is 4.74 Å². The summed E-state index contributed by atoms with van der Waals surface area (Å²) in [5.41, 5.74) is 4.07. The van der Waals surface area contributed by atoms with Crippen LogP contribution in [0.5, 0.6) is 5.75 Å². The van der Waals surface area contributed by atoms with Gasteiger partial charge in [-0.3, -0.25) is 0 Å². The molecule has 2 aliphatic carbocycles. The summed E-state index contributed by atoms with van der Waals surface area (Å²) in [4.78, 5) is 0. The highest BCUT2D eigenvalue weighted by Crippen LogP contribution is 2.42. The third-order valence-corrected chi connectivity index (χ3v) is 9.18. The predicted molar refractivity (Wildman–Crippen MR) is 163 cm³/mol. The van der Waals surface area contributed by atoms with Crippen molar-refractivity contribution < 1.29 is 17.9 Å². The van der Waals surface area contributed by atoms with Gasteiger partial charge in [0, 0.05) is 11.1 Å². The topological polar surface area (TPSA) is 9.23 Å². The Bertz CT molecular complexity index is 1380. The average Bonchev–Trinajstić information content (AvgIpc) is 3.00. The Hall–Kier alpha value is -3.27. The molecule has 1 fully saturated rings. The lowest BCUT2D eigenvalue weighted by molar-refractivity contribution is 0.190. The molecule has 0 heterocycles. The highest BCUT2D eigenvalue weighted by atomic mass is 19.2. The lowest BCUT2D eigenvalue weighted by Crippen LogP contribution is -2.23. The van der Waals surface area contributed by atoms with E-state index in [1.165, 1.54) is 62.7 Å². The van der Waals surface area contributed by atoms with Crippen LogP contribution in [0.4, 0.5) is 13.2 Å². The minimum absolute atomic E-state index is 0.102. The molecule has 1 unspecified atom stereocenters. The van der Waals surface area contributed by atoms with Gasteiger partial charge in [0.1, 0.15) is 5.82 Å². The second kappa shape index (κ2) is 13.6. The number of allylic oxidation sites excluding steroid dienone is 4. The first-order chi connectivity index (χ1) is 20.0. The van der Waals surface area contributed by atoms with Crippen molar-refractivity contribution in [3.63, 3.8) is 0 Å². The molecule has 1 nitrogen and oxygen atoms in total. The number of rotatable bonds is 9. The van der Waals surface area contributed by atoms with Crippen molar-refractivity contribution >= 4 is 5.57 Å². The minimum Gasteiger partial charge on any atom is -0.491 e. The van der Waals surface area contributed by atoms with Crippen LogP contribution < -0.4 is 4.74 Å². The van der Waals surface area contributed by atoms with Gasteiger partial charge in [-0.2, -0.15) is 4.39 Å². The van der Waals surface area contributed by atoms with Crippen LogP contribution in [-0.2, 0) is 0 Å². The van der Waals surface area contributed by atoms with Crippen molar-refractivity contribution in [2.75, 3.05) is 6.61 Å². The quantitative estimate of drug-likeness (QED) is 0.237. The standard InChI is InChI=1S/C37H41F3O/c1-3-5-6-7-25-8-10-26(11-9-25)27-12-14-28(15-13-27)31-20-21-32(34(38)24-31)29-16-18-30(19-17-29)33-22-23-35(41-4-2)37(40)36(33)39/h3,5,14,16-27H,4,6-13,15H2,1-2H3/b5-3+. The average molecular weight is 559 g/mol. The predicted octanol–water partition coefficient (Wildman–Crippen LogP) is 11.2. The zero-order valence-corrected chi connectivity index (χ0v) is 24.3. The first kappa shape index (κ1) is 29.2. The maximum atomic E-state index is 15.3. The maximum absolute atomic E-state index is 15.3. The third-order valence-electron chi connectivity index (χ3n) is 9.18. The molecule has 1 saturated carbocycles. The molecule has 0 amide bonds. The molecular weight excluding hydrogens is 517 g/mol. The Labute approximate surface area is 243 Å². The highest BCUT2D eigenvalue weighted by molar-refractivity contribution is 5.74. The molecule has 1 atom stereocenters. The number of halogens is 3. The fourth-order valence-electron chi connectivity index (χ4n) is 6.79. The summed E-state index contributed by atoms with van der Waals surface area (Å²) in [7, 11) is 0. The largest absolute Gasteiger partial charge is 0.491 e. The second-order valence-electron chi connectivity index (χ2n) is 11.6. The summed E-state index contributed by atoms with van der Waals surface area (Å²) in [6.07, 6.45) is 18.1. The number of hydrogen-bond acceptors (Lipinski definition) is 1. The molecule has 0 N–H and O–H groups in total. The maximum Gasteiger partial charge on any atom is 0.201 e. The van der Waals surface area contributed by atoms with E-state index in [1.807, 2.05) is 12.1 Å². The van der Waals surface area contributed by atoms with Crippen molar-refractivity contribution in [3.05, 3.63) is 95.8 Å². The number of ether oxygens (including phenoxy) is 1. The van der Waals surface area contributed by atoms with E-state index in [0.29, 0.717) is 16.7 Å². The van der Waals surface area contributed by atoms with Gasteiger partial charge in [0.15, 0.2) is 11.6 Å². The smallest absolute Gasteiger partial charge is 0.201 e. The van der Waals surface area contributed by atoms with Crippen molar-refractivity contribution in [3.8, 4) is 28.0 Å². The number of benzene rings is 3. The SMILES string of the molecule is C/C=C/CCC1CCC(C2CC=C(c3ccc(-c4ccc(-c5ccc(OCC)c(F)c5F)cc4)c(F)c3)CC2)CC1. The summed E-state index contributed by atoms with van der Waals surface area (Å²) in [6, 6.07) is 15.3. The molecule has 0 radical (unpaired) electrons. The Morgan fingerprint density at radius 2 is 1.46 bits per heavy atom. The molecule has 5 rings (SSSR count). The van der Waals surface area contributed by atoms with Gasteiger partial charge >= 0.3 is 0 Å². The van der Waals surface area contributed by atoms with Crippen LogP contribution in [-0.4, -0.2) is 6.61 Å². The van der Waals surface area contributed by atoms with Crippen molar-refractivity contribution in [2.24, 2.45) is 17.8 Å². The summed E-state index contributed by atoms with van der Waals surface area (Å²) in [5.74, 6) is 0.164. The fraction of sp³-hybridized carbons (Fsp3) is 0.405. The Kier molecular flexibility index (Phi) is 9.69. The third kappa shape index (κ3) is 6.80. The lowest BCUT2D eigenvalue weighted by Gasteiger charge is -2.35. The van der Waals surface area contributed by atoms with Gasteiger partial charge in [-0.1, -0.05) is 67.5 Å². The van der Waals surface area contributed by atoms with Gasteiger partial charge in [-0.15, -0.1) is 0 Å². The summed E-state index contributed by atoms with van der Waals surface area (Å²) in [6.45, 7) is 4.08. The van der Waals surface area contributed by atoms with E-state index in [9.17, 15) is 8.78 Å². The zero-order chi connectivity index (χ0) is 28.8. The monoisotopic (exact) mass is 558 g/mol. The first-order valence-electron chi connectivity index (χ1n) is 15.3. The van der Waals surface area contributed by atoms with Crippen LogP contribution in [0.1, 0.15) is 77.2 Å². The number of hydrogen-bond donors (Lipinski definition) is 0. The van der Waals surface area contributed by atoms with E-state index >= 15 is 4.39 Å². The van der Waals surface area contributed by atoms with Crippen LogP contribution in [0, 0.1) is 35.2 Å². The van der Waals surface area contributed by atoms with Crippen LogP contribution in [0.3, 0.4) is 0 Å². The highest BCUT2D eigenvalue weighted by Gasteiger charge is 2.28. The lowest BCUT2D eigenvalue weighted by atomic mass is 9.70. The van der Waals surface area contributed by atoms with Crippen LogP contribution in [0.2, 0.25) is 0 Å². The van der Waals surface area contributed by atoms with Crippen LogP contribution in [0.25, 0.3) is 27.8 Å².